The Morgan fingerprint density at radius 3 is 2.33 bits per heavy atom. The van der Waals surface area contributed by atoms with E-state index in [1.807, 2.05) is 0 Å². The van der Waals surface area contributed by atoms with E-state index in [0.717, 1.165) is 11.6 Å². The Morgan fingerprint density at radius 1 is 1.05 bits per heavy atom. The summed E-state index contributed by atoms with van der Waals surface area (Å²) in [6, 6.07) is 9.84. The molecule has 0 aliphatic heterocycles. The van der Waals surface area contributed by atoms with Gasteiger partial charge < -0.3 is 5.32 Å². The van der Waals surface area contributed by atoms with E-state index in [4.69, 9.17) is 11.6 Å². The van der Waals surface area contributed by atoms with Crippen molar-refractivity contribution in [1.82, 2.24) is 5.32 Å². The molecule has 1 N–H and O–H groups in total. The highest BCUT2D eigenvalue weighted by atomic mass is 35.5. The second-order valence-electron chi connectivity index (χ2n) is 4.31. The maximum atomic E-state index is 13.6. The van der Waals surface area contributed by atoms with Gasteiger partial charge in [-0.05, 0) is 17.7 Å². The van der Waals surface area contributed by atoms with Crippen LogP contribution in [0.15, 0.2) is 42.5 Å². The standard InChI is InChI=1S/C15H11ClF3NO/c16-8-12(9-4-2-1-3-5-9)20-15(21)10-6-7-11(17)14(19)13(10)18/h1-7,12H,8H2,(H,20,21). The lowest BCUT2D eigenvalue weighted by molar-refractivity contribution is 0.0935. The summed E-state index contributed by atoms with van der Waals surface area (Å²) in [5.41, 5.74) is 0.156. The third kappa shape index (κ3) is 3.36. The van der Waals surface area contributed by atoms with Gasteiger partial charge in [-0.15, -0.1) is 11.6 Å². The molecule has 0 aromatic heterocycles. The van der Waals surface area contributed by atoms with Crippen LogP contribution >= 0.6 is 11.6 Å². The molecule has 6 heteroatoms. The van der Waals surface area contributed by atoms with Crippen molar-refractivity contribution in [3.8, 4) is 0 Å². The minimum absolute atomic E-state index is 0.0566. The zero-order valence-corrected chi connectivity index (χ0v) is 11.5. The van der Waals surface area contributed by atoms with Crippen LogP contribution in [0.4, 0.5) is 13.2 Å². The predicted octanol–water partition coefficient (Wildman–Crippen LogP) is 3.81. The highest BCUT2D eigenvalue weighted by molar-refractivity contribution is 6.18. The second kappa shape index (κ2) is 6.63. The number of carbonyl (C=O) groups is 1. The number of amides is 1. The van der Waals surface area contributed by atoms with Gasteiger partial charge in [-0.2, -0.15) is 0 Å². The van der Waals surface area contributed by atoms with Gasteiger partial charge in [0, 0.05) is 5.88 Å². The SMILES string of the molecule is O=C(NC(CCl)c1ccccc1)c1ccc(F)c(F)c1F. The van der Waals surface area contributed by atoms with E-state index in [9.17, 15) is 18.0 Å². The Balaban J connectivity index is 2.23. The molecular weight excluding hydrogens is 303 g/mol. The van der Waals surface area contributed by atoms with Crippen LogP contribution in [-0.2, 0) is 0 Å². The molecule has 2 nitrogen and oxygen atoms in total. The molecule has 0 fully saturated rings. The first-order valence-corrected chi connectivity index (χ1v) is 6.63. The monoisotopic (exact) mass is 313 g/mol. The molecule has 0 spiro atoms. The lowest BCUT2D eigenvalue weighted by atomic mass is 10.1. The molecule has 0 bridgehead atoms. The van der Waals surface area contributed by atoms with Crippen molar-refractivity contribution >= 4 is 17.5 Å². The van der Waals surface area contributed by atoms with Gasteiger partial charge in [-0.1, -0.05) is 30.3 Å². The second-order valence-corrected chi connectivity index (χ2v) is 4.62. The van der Waals surface area contributed by atoms with Crippen LogP contribution in [0.5, 0.6) is 0 Å². The summed E-state index contributed by atoms with van der Waals surface area (Å²) >= 11 is 5.79. The van der Waals surface area contributed by atoms with Gasteiger partial charge in [0.25, 0.3) is 5.91 Å². The van der Waals surface area contributed by atoms with Crippen molar-refractivity contribution in [1.29, 1.82) is 0 Å². The summed E-state index contributed by atoms with van der Waals surface area (Å²) in [4.78, 5) is 12.0. The smallest absolute Gasteiger partial charge is 0.254 e. The third-order valence-electron chi connectivity index (χ3n) is 2.94. The van der Waals surface area contributed by atoms with E-state index in [-0.39, 0.29) is 5.88 Å². The summed E-state index contributed by atoms with van der Waals surface area (Å²) < 4.78 is 39.5. The molecule has 0 saturated heterocycles. The molecule has 2 aromatic carbocycles. The Bertz CT molecular complexity index is 649. The maximum absolute atomic E-state index is 13.6. The van der Waals surface area contributed by atoms with Crippen molar-refractivity contribution in [2.24, 2.45) is 0 Å². The fourth-order valence-electron chi connectivity index (χ4n) is 1.83. The van der Waals surface area contributed by atoms with Crippen LogP contribution in [0.1, 0.15) is 22.0 Å². The highest BCUT2D eigenvalue weighted by Crippen LogP contribution is 2.18. The van der Waals surface area contributed by atoms with Crippen LogP contribution in [0.2, 0.25) is 0 Å². The normalized spacial score (nSPS) is 12.0. The van der Waals surface area contributed by atoms with Gasteiger partial charge in [-0.3, -0.25) is 4.79 Å². The molecule has 2 aromatic rings. The quantitative estimate of drug-likeness (QED) is 0.675. The third-order valence-corrected chi connectivity index (χ3v) is 3.25. The number of hydrogen-bond acceptors (Lipinski definition) is 1. The van der Waals surface area contributed by atoms with Gasteiger partial charge >= 0.3 is 0 Å². The summed E-state index contributed by atoms with van der Waals surface area (Å²) in [5.74, 6) is -5.35. The van der Waals surface area contributed by atoms with E-state index >= 15 is 0 Å². The van der Waals surface area contributed by atoms with Gasteiger partial charge in [0.1, 0.15) is 0 Å². The van der Waals surface area contributed by atoms with Crippen LogP contribution < -0.4 is 5.32 Å². The summed E-state index contributed by atoms with van der Waals surface area (Å²) in [7, 11) is 0. The topological polar surface area (TPSA) is 29.1 Å². The summed E-state index contributed by atoms with van der Waals surface area (Å²) in [5, 5.41) is 2.49. The Kier molecular flexibility index (Phi) is 4.85. The van der Waals surface area contributed by atoms with Gasteiger partial charge in [0.2, 0.25) is 0 Å². The lowest BCUT2D eigenvalue weighted by Crippen LogP contribution is -2.30. The first-order chi connectivity index (χ1) is 10.0. The molecule has 1 atom stereocenters. The first-order valence-electron chi connectivity index (χ1n) is 6.10. The predicted molar refractivity (Wildman–Crippen MR) is 73.7 cm³/mol. The highest BCUT2D eigenvalue weighted by Gasteiger charge is 2.21. The van der Waals surface area contributed by atoms with Crippen LogP contribution in [0.3, 0.4) is 0 Å². The molecule has 1 unspecified atom stereocenters. The zero-order valence-electron chi connectivity index (χ0n) is 10.7. The Morgan fingerprint density at radius 2 is 1.71 bits per heavy atom. The van der Waals surface area contributed by atoms with Crippen LogP contribution in [0, 0.1) is 17.5 Å². The molecule has 0 aliphatic carbocycles. The van der Waals surface area contributed by atoms with Crippen molar-refractivity contribution in [3.63, 3.8) is 0 Å². The van der Waals surface area contributed by atoms with E-state index in [2.05, 4.69) is 5.32 Å². The van der Waals surface area contributed by atoms with Crippen molar-refractivity contribution in [3.05, 3.63) is 71.0 Å². The number of nitrogens with one attached hydrogen (secondary N) is 1. The Labute approximate surface area is 124 Å². The number of rotatable bonds is 4. The number of carbonyl (C=O) groups excluding carboxylic acids is 1. The first kappa shape index (κ1) is 15.4. The average molecular weight is 314 g/mol. The molecule has 2 rings (SSSR count). The molecular formula is C15H11ClF3NO. The van der Waals surface area contributed by atoms with Crippen LogP contribution in [0.25, 0.3) is 0 Å². The van der Waals surface area contributed by atoms with Crippen molar-refractivity contribution in [2.45, 2.75) is 6.04 Å². The van der Waals surface area contributed by atoms with Crippen molar-refractivity contribution in [2.75, 3.05) is 5.88 Å². The molecule has 0 radical (unpaired) electrons. The fraction of sp³-hybridized carbons (Fsp3) is 0.133. The number of halogens is 4. The fourth-order valence-corrected chi connectivity index (χ4v) is 2.09. The molecule has 0 aliphatic rings. The number of alkyl halides is 1. The minimum atomic E-state index is -1.68. The molecule has 0 saturated carbocycles. The molecule has 1 amide bonds. The van der Waals surface area contributed by atoms with E-state index in [1.54, 1.807) is 30.3 Å². The van der Waals surface area contributed by atoms with E-state index < -0.39 is 35.0 Å². The summed E-state index contributed by atoms with van der Waals surface area (Å²) in [6.45, 7) is 0. The average Bonchev–Trinajstić information content (AvgIpc) is 2.51. The summed E-state index contributed by atoms with van der Waals surface area (Å²) in [6.07, 6.45) is 0. The molecule has 0 heterocycles. The zero-order chi connectivity index (χ0) is 15.4. The number of hydrogen-bond donors (Lipinski definition) is 1. The van der Waals surface area contributed by atoms with Gasteiger partial charge in [0.05, 0.1) is 11.6 Å². The minimum Gasteiger partial charge on any atom is -0.344 e. The van der Waals surface area contributed by atoms with E-state index in [1.165, 1.54) is 0 Å². The lowest BCUT2D eigenvalue weighted by Gasteiger charge is -2.16. The van der Waals surface area contributed by atoms with Crippen LogP contribution in [-0.4, -0.2) is 11.8 Å². The largest absolute Gasteiger partial charge is 0.344 e. The molecule has 110 valence electrons. The van der Waals surface area contributed by atoms with Gasteiger partial charge in [-0.25, -0.2) is 13.2 Å². The maximum Gasteiger partial charge on any atom is 0.254 e. The number of benzene rings is 2. The molecule has 21 heavy (non-hydrogen) atoms. The van der Waals surface area contributed by atoms with Crippen molar-refractivity contribution < 1.29 is 18.0 Å². The Hall–Kier alpha value is -2.01. The van der Waals surface area contributed by atoms with Gasteiger partial charge in [0.15, 0.2) is 17.5 Å². The van der Waals surface area contributed by atoms with E-state index in [0.29, 0.717) is 6.07 Å².